The smallest absolute Gasteiger partial charge is 0.343 e. The van der Waals surface area contributed by atoms with Crippen molar-refractivity contribution in [3.8, 4) is 10.6 Å². The Bertz CT molecular complexity index is 787. The Kier molecular flexibility index (Phi) is 3.67. The minimum absolute atomic E-state index is 0.0845. The van der Waals surface area contributed by atoms with Crippen molar-refractivity contribution in [2.24, 2.45) is 7.05 Å². The van der Waals surface area contributed by atoms with E-state index in [0.29, 0.717) is 15.6 Å². The van der Waals surface area contributed by atoms with E-state index in [9.17, 15) is 14.0 Å². The molecule has 0 saturated carbocycles. The van der Waals surface area contributed by atoms with Crippen molar-refractivity contribution >= 4 is 23.2 Å². The summed E-state index contributed by atoms with van der Waals surface area (Å²) in [7, 11) is 1.78. The Morgan fingerprint density at radius 2 is 2.22 bits per heavy atom. The van der Waals surface area contributed by atoms with Crippen LogP contribution in [0.1, 0.15) is 21.8 Å². The van der Waals surface area contributed by atoms with E-state index in [0.717, 1.165) is 5.56 Å². The number of rotatable bonds is 3. The summed E-state index contributed by atoms with van der Waals surface area (Å²) >= 11 is 1.20. The number of alkyl halides is 1. The molecule has 1 amide bonds. The summed E-state index contributed by atoms with van der Waals surface area (Å²) in [5, 5.41) is 13.6. The molecule has 1 unspecified atom stereocenters. The van der Waals surface area contributed by atoms with Crippen molar-refractivity contribution in [3.63, 3.8) is 0 Å². The maximum atomic E-state index is 14.1. The van der Waals surface area contributed by atoms with E-state index >= 15 is 0 Å². The molecule has 1 aliphatic rings. The zero-order valence-electron chi connectivity index (χ0n) is 12.6. The second kappa shape index (κ2) is 5.41. The first-order chi connectivity index (χ1) is 10.8. The van der Waals surface area contributed by atoms with Crippen molar-refractivity contribution in [2.75, 3.05) is 13.1 Å². The van der Waals surface area contributed by atoms with E-state index < -0.39 is 18.2 Å². The molecular weight excluding hydrogens is 323 g/mol. The highest BCUT2D eigenvalue weighted by atomic mass is 32.1. The highest BCUT2D eigenvalue weighted by Crippen LogP contribution is 2.32. The highest BCUT2D eigenvalue weighted by molar-refractivity contribution is 7.17. The number of thiazole rings is 1. The fourth-order valence-electron chi connectivity index (χ4n) is 2.51. The Morgan fingerprint density at radius 3 is 2.78 bits per heavy atom. The van der Waals surface area contributed by atoms with E-state index in [1.54, 1.807) is 31.0 Å². The van der Waals surface area contributed by atoms with Gasteiger partial charge in [-0.1, -0.05) is 0 Å². The minimum atomic E-state index is -2.36. The van der Waals surface area contributed by atoms with Crippen LogP contribution >= 0.6 is 11.3 Å². The van der Waals surface area contributed by atoms with Crippen LogP contribution in [0.5, 0.6) is 0 Å². The third-order valence-corrected chi connectivity index (χ3v) is 5.03. The number of hydrogen-bond donors (Lipinski definition) is 1. The number of carbonyl (C=O) groups excluding carboxylic acids is 1. The van der Waals surface area contributed by atoms with Gasteiger partial charge in [0.15, 0.2) is 0 Å². The van der Waals surface area contributed by atoms with Gasteiger partial charge in [0.05, 0.1) is 18.4 Å². The second-order valence-electron chi connectivity index (χ2n) is 5.58. The van der Waals surface area contributed by atoms with Gasteiger partial charge in [-0.25, -0.2) is 14.2 Å². The van der Waals surface area contributed by atoms with Crippen molar-refractivity contribution in [1.29, 1.82) is 0 Å². The normalized spacial score (nSPS) is 20.9. The molecule has 122 valence electrons. The molecule has 1 atom stereocenters. The maximum absolute atomic E-state index is 14.1. The van der Waals surface area contributed by atoms with Crippen LogP contribution in [0.2, 0.25) is 0 Å². The number of aromatic nitrogens is 3. The lowest BCUT2D eigenvalue weighted by Crippen LogP contribution is -2.38. The van der Waals surface area contributed by atoms with Crippen LogP contribution in [-0.4, -0.2) is 55.4 Å². The van der Waals surface area contributed by atoms with Crippen LogP contribution in [0.4, 0.5) is 4.39 Å². The molecule has 0 aromatic carbocycles. The van der Waals surface area contributed by atoms with Crippen LogP contribution in [0.25, 0.3) is 10.6 Å². The van der Waals surface area contributed by atoms with E-state index in [1.807, 2.05) is 0 Å². The third-order valence-electron chi connectivity index (χ3n) is 3.83. The van der Waals surface area contributed by atoms with E-state index in [4.69, 9.17) is 5.11 Å². The molecule has 2 aromatic rings. The average molecular weight is 338 g/mol. The zero-order valence-corrected chi connectivity index (χ0v) is 13.4. The monoisotopic (exact) mass is 338 g/mol. The molecule has 0 radical (unpaired) electrons. The number of amides is 1. The van der Waals surface area contributed by atoms with Crippen molar-refractivity contribution in [2.45, 2.75) is 19.0 Å². The lowest BCUT2D eigenvalue weighted by Gasteiger charge is -2.17. The second-order valence-corrected chi connectivity index (χ2v) is 6.58. The quantitative estimate of drug-likeness (QED) is 0.916. The first-order valence-corrected chi connectivity index (χ1v) is 7.80. The molecule has 1 fully saturated rings. The van der Waals surface area contributed by atoms with E-state index in [1.165, 1.54) is 16.2 Å². The molecule has 0 bridgehead atoms. The lowest BCUT2D eigenvalue weighted by atomic mass is 10.1. The van der Waals surface area contributed by atoms with Gasteiger partial charge >= 0.3 is 5.97 Å². The molecule has 3 rings (SSSR count). The predicted molar refractivity (Wildman–Crippen MR) is 81.0 cm³/mol. The van der Waals surface area contributed by atoms with Gasteiger partial charge in [-0.3, -0.25) is 9.48 Å². The van der Waals surface area contributed by atoms with Gasteiger partial charge in [0.2, 0.25) is 5.67 Å². The Morgan fingerprint density at radius 1 is 1.48 bits per heavy atom. The first kappa shape index (κ1) is 15.6. The molecule has 23 heavy (non-hydrogen) atoms. The van der Waals surface area contributed by atoms with E-state index in [-0.39, 0.29) is 18.9 Å². The van der Waals surface area contributed by atoms with Gasteiger partial charge in [0.25, 0.3) is 5.91 Å². The van der Waals surface area contributed by atoms with Gasteiger partial charge < -0.3 is 10.0 Å². The lowest BCUT2D eigenvalue weighted by molar-refractivity contribution is -0.149. The number of aliphatic carboxylic acids is 1. The SMILES string of the molecule is Cc1nc(-c2cnn(C)c2)sc1C(=O)N1CCC(F)(C(=O)O)C1. The summed E-state index contributed by atoms with van der Waals surface area (Å²) in [4.78, 5) is 29.5. The molecule has 2 aromatic heterocycles. The molecule has 7 nitrogen and oxygen atoms in total. The van der Waals surface area contributed by atoms with Gasteiger partial charge in [0.1, 0.15) is 9.88 Å². The van der Waals surface area contributed by atoms with Gasteiger partial charge in [0, 0.05) is 31.8 Å². The third kappa shape index (κ3) is 2.72. The Balaban J connectivity index is 1.84. The van der Waals surface area contributed by atoms with Crippen LogP contribution in [0, 0.1) is 6.92 Å². The largest absolute Gasteiger partial charge is 0.479 e. The fourth-order valence-corrected chi connectivity index (χ4v) is 3.52. The minimum Gasteiger partial charge on any atom is -0.479 e. The van der Waals surface area contributed by atoms with Crippen molar-refractivity contribution < 1.29 is 19.1 Å². The van der Waals surface area contributed by atoms with Gasteiger partial charge in [-0.15, -0.1) is 11.3 Å². The molecule has 1 N–H and O–H groups in total. The molecule has 1 aliphatic heterocycles. The van der Waals surface area contributed by atoms with Crippen LogP contribution in [-0.2, 0) is 11.8 Å². The number of carboxylic acids is 1. The molecule has 3 heterocycles. The van der Waals surface area contributed by atoms with Crippen LogP contribution in [0.3, 0.4) is 0 Å². The van der Waals surface area contributed by atoms with Gasteiger partial charge in [-0.2, -0.15) is 5.10 Å². The van der Waals surface area contributed by atoms with Gasteiger partial charge in [-0.05, 0) is 6.92 Å². The predicted octanol–water partition coefficient (Wildman–Crippen LogP) is 1.49. The zero-order chi connectivity index (χ0) is 16.8. The highest BCUT2D eigenvalue weighted by Gasteiger charge is 2.47. The Hall–Kier alpha value is -2.29. The van der Waals surface area contributed by atoms with Crippen LogP contribution < -0.4 is 0 Å². The summed E-state index contributed by atoms with van der Waals surface area (Å²) < 4.78 is 15.8. The molecule has 0 spiro atoms. The number of carboxylic acid groups (broad SMARTS) is 1. The standard InChI is InChI=1S/C14H15FN4O3S/c1-8-10(23-11(17-8)9-5-16-18(2)6-9)12(20)19-4-3-14(15,7-19)13(21)22/h5-6H,3-4,7H2,1-2H3,(H,21,22). The summed E-state index contributed by atoms with van der Waals surface area (Å²) in [6.07, 6.45) is 3.25. The number of likely N-dealkylation sites (tertiary alicyclic amines) is 1. The summed E-state index contributed by atoms with van der Waals surface area (Å²) in [6, 6.07) is 0. The molecule has 0 aliphatic carbocycles. The molecule has 9 heteroatoms. The summed E-state index contributed by atoms with van der Waals surface area (Å²) in [5.41, 5.74) is -1.02. The number of hydrogen-bond acceptors (Lipinski definition) is 5. The molecular formula is C14H15FN4O3S. The van der Waals surface area contributed by atoms with Crippen molar-refractivity contribution in [1.82, 2.24) is 19.7 Å². The topological polar surface area (TPSA) is 88.3 Å². The number of carbonyl (C=O) groups is 2. The summed E-state index contributed by atoms with van der Waals surface area (Å²) in [6.45, 7) is 1.36. The Labute approximate surface area is 135 Å². The molecule has 1 saturated heterocycles. The maximum Gasteiger partial charge on any atom is 0.343 e. The number of nitrogens with zero attached hydrogens (tertiary/aromatic N) is 4. The van der Waals surface area contributed by atoms with E-state index in [2.05, 4.69) is 10.1 Å². The van der Waals surface area contributed by atoms with Crippen LogP contribution in [0.15, 0.2) is 12.4 Å². The number of halogens is 1. The summed E-state index contributed by atoms with van der Waals surface area (Å²) in [5.74, 6) is -1.90. The first-order valence-electron chi connectivity index (χ1n) is 6.98. The van der Waals surface area contributed by atoms with Crippen molar-refractivity contribution in [3.05, 3.63) is 23.0 Å². The number of aryl methyl sites for hydroxylation is 2. The average Bonchev–Trinajstić information content (AvgIpc) is 3.18. The fraction of sp³-hybridized carbons (Fsp3) is 0.429.